The van der Waals surface area contributed by atoms with Crippen LogP contribution < -0.4 is 9.47 Å². The first-order valence-corrected chi connectivity index (χ1v) is 12.3. The Balaban J connectivity index is 1.29. The van der Waals surface area contributed by atoms with Gasteiger partial charge in [0.15, 0.2) is 6.10 Å². The first-order valence-electron chi connectivity index (χ1n) is 11.4. The van der Waals surface area contributed by atoms with E-state index in [0.717, 1.165) is 70.3 Å². The number of hydrogen-bond acceptors (Lipinski definition) is 7. The largest absolute Gasteiger partial charge is 0.508 e. The Morgan fingerprint density at radius 3 is 2.53 bits per heavy atom. The van der Waals surface area contributed by atoms with Gasteiger partial charge in [0.05, 0.1) is 13.2 Å². The smallest absolute Gasteiger partial charge is 0.151 e. The van der Waals surface area contributed by atoms with Crippen LogP contribution in [0.3, 0.4) is 0 Å². The molecular weight excluding hydrogens is 450 g/mol. The van der Waals surface area contributed by atoms with E-state index < -0.39 is 0 Å². The lowest BCUT2D eigenvalue weighted by molar-refractivity contribution is 0.0322. The Labute approximate surface area is 201 Å². The van der Waals surface area contributed by atoms with E-state index in [1.165, 1.54) is 0 Å². The molecule has 0 bridgehead atoms. The SMILES string of the molecule is Oc1ccc2c(c1)OC(c1ccc(OCCN3CCOCC3)cc1)c1c-2sc2cc(O)ccc12. The maximum atomic E-state index is 10.0. The average molecular weight is 476 g/mol. The number of phenols is 2. The third kappa shape index (κ3) is 3.96. The number of benzene rings is 3. The van der Waals surface area contributed by atoms with Gasteiger partial charge in [-0.3, -0.25) is 4.90 Å². The molecule has 2 aliphatic rings. The summed E-state index contributed by atoms with van der Waals surface area (Å²) in [7, 11) is 0. The molecule has 174 valence electrons. The zero-order valence-corrected chi connectivity index (χ0v) is 19.4. The lowest BCUT2D eigenvalue weighted by atomic mass is 9.93. The van der Waals surface area contributed by atoms with Crippen LogP contribution in [0.2, 0.25) is 0 Å². The molecule has 7 heteroatoms. The summed E-state index contributed by atoms with van der Waals surface area (Å²) in [6, 6.07) is 18.7. The minimum Gasteiger partial charge on any atom is -0.508 e. The number of thiophene rings is 1. The number of morpholine rings is 1. The summed E-state index contributed by atoms with van der Waals surface area (Å²) in [5.74, 6) is 1.89. The van der Waals surface area contributed by atoms with Crippen molar-refractivity contribution in [1.29, 1.82) is 0 Å². The highest BCUT2D eigenvalue weighted by Crippen LogP contribution is 2.52. The van der Waals surface area contributed by atoms with Crippen LogP contribution in [-0.2, 0) is 4.74 Å². The minimum absolute atomic E-state index is 0.170. The van der Waals surface area contributed by atoms with E-state index >= 15 is 0 Å². The molecule has 1 saturated heterocycles. The minimum atomic E-state index is -0.329. The number of phenolic OH excluding ortho intramolecular Hbond substituents is 2. The van der Waals surface area contributed by atoms with E-state index in [2.05, 4.69) is 4.90 Å². The quantitative estimate of drug-likeness (QED) is 0.415. The first-order chi connectivity index (χ1) is 16.7. The van der Waals surface area contributed by atoms with Crippen molar-refractivity contribution in [2.24, 2.45) is 0 Å². The Hall–Kier alpha value is -3.26. The molecule has 2 aliphatic heterocycles. The lowest BCUT2D eigenvalue weighted by Gasteiger charge is -2.28. The van der Waals surface area contributed by atoms with E-state index in [1.807, 2.05) is 36.4 Å². The third-order valence-corrected chi connectivity index (χ3v) is 7.59. The molecule has 0 aliphatic carbocycles. The van der Waals surface area contributed by atoms with E-state index in [4.69, 9.17) is 14.2 Å². The van der Waals surface area contributed by atoms with Gasteiger partial charge in [-0.1, -0.05) is 12.1 Å². The molecule has 3 aromatic carbocycles. The molecule has 1 fully saturated rings. The summed E-state index contributed by atoms with van der Waals surface area (Å²) in [5.41, 5.74) is 3.04. The number of rotatable bonds is 5. The second-order valence-corrected chi connectivity index (χ2v) is 9.63. The number of hydrogen-bond donors (Lipinski definition) is 2. The van der Waals surface area contributed by atoms with Crippen molar-refractivity contribution in [2.45, 2.75) is 6.10 Å². The van der Waals surface area contributed by atoms with Gasteiger partial charge in [-0.05, 0) is 48.0 Å². The normalized spacial score (nSPS) is 17.7. The highest BCUT2D eigenvalue weighted by molar-refractivity contribution is 7.22. The molecule has 34 heavy (non-hydrogen) atoms. The molecule has 4 aromatic rings. The van der Waals surface area contributed by atoms with Crippen LogP contribution in [0.15, 0.2) is 60.7 Å². The van der Waals surface area contributed by atoms with Crippen molar-refractivity contribution in [2.75, 3.05) is 39.5 Å². The van der Waals surface area contributed by atoms with Crippen molar-refractivity contribution in [3.8, 4) is 33.4 Å². The molecule has 6 rings (SSSR count). The third-order valence-electron chi connectivity index (χ3n) is 6.39. The number of nitrogens with zero attached hydrogens (tertiary/aromatic N) is 1. The van der Waals surface area contributed by atoms with Crippen molar-refractivity contribution in [3.63, 3.8) is 0 Å². The van der Waals surface area contributed by atoms with E-state index in [-0.39, 0.29) is 17.6 Å². The van der Waals surface area contributed by atoms with Crippen LogP contribution in [0.25, 0.3) is 20.5 Å². The van der Waals surface area contributed by atoms with E-state index in [1.54, 1.807) is 35.6 Å². The fourth-order valence-corrected chi connectivity index (χ4v) is 5.93. The molecule has 1 atom stereocenters. The standard InChI is InChI=1S/C27H25NO5S/c29-18-3-7-21-23(15-18)33-26(25-22-8-4-19(30)16-24(22)34-27(21)25)17-1-5-20(6-2-17)32-14-11-28-9-12-31-13-10-28/h1-8,15-16,26,29-30H,9-14H2. The van der Waals surface area contributed by atoms with Gasteiger partial charge in [0.2, 0.25) is 0 Å². The van der Waals surface area contributed by atoms with Gasteiger partial charge < -0.3 is 24.4 Å². The molecule has 0 spiro atoms. The molecule has 1 unspecified atom stereocenters. The predicted octanol–water partition coefficient (Wildman–Crippen LogP) is 5.17. The van der Waals surface area contributed by atoms with E-state index in [9.17, 15) is 10.2 Å². The molecule has 0 amide bonds. The lowest BCUT2D eigenvalue weighted by Crippen LogP contribution is -2.38. The highest BCUT2D eigenvalue weighted by Gasteiger charge is 2.31. The fourth-order valence-electron chi connectivity index (χ4n) is 4.64. The van der Waals surface area contributed by atoms with Crippen molar-refractivity contribution in [1.82, 2.24) is 4.90 Å². The highest BCUT2D eigenvalue weighted by atomic mass is 32.1. The first kappa shape index (κ1) is 21.3. The molecule has 0 saturated carbocycles. The fraction of sp³-hybridized carbons (Fsp3) is 0.259. The summed E-state index contributed by atoms with van der Waals surface area (Å²) >= 11 is 1.63. The number of aromatic hydroxyl groups is 2. The zero-order valence-electron chi connectivity index (χ0n) is 18.6. The summed E-state index contributed by atoms with van der Waals surface area (Å²) in [4.78, 5) is 3.44. The predicted molar refractivity (Wildman–Crippen MR) is 132 cm³/mol. The van der Waals surface area contributed by atoms with Crippen LogP contribution in [0.5, 0.6) is 23.0 Å². The molecule has 3 heterocycles. The summed E-state index contributed by atoms with van der Waals surface area (Å²) in [6.45, 7) is 4.99. The molecule has 0 radical (unpaired) electrons. The topological polar surface area (TPSA) is 71.4 Å². The summed E-state index contributed by atoms with van der Waals surface area (Å²) in [6.07, 6.45) is -0.329. The van der Waals surface area contributed by atoms with Crippen LogP contribution in [-0.4, -0.2) is 54.6 Å². The Morgan fingerprint density at radius 2 is 1.71 bits per heavy atom. The second kappa shape index (κ2) is 8.83. The molecule has 6 nitrogen and oxygen atoms in total. The Kier molecular flexibility index (Phi) is 5.53. The Morgan fingerprint density at radius 1 is 0.941 bits per heavy atom. The molecule has 2 N–H and O–H groups in total. The van der Waals surface area contributed by atoms with Crippen LogP contribution in [0.4, 0.5) is 0 Å². The number of fused-ring (bicyclic) bond motifs is 5. The molecule has 1 aromatic heterocycles. The molecular formula is C27H25NO5S. The average Bonchev–Trinajstić information content (AvgIpc) is 3.23. The summed E-state index contributed by atoms with van der Waals surface area (Å²) < 4.78 is 18.8. The monoisotopic (exact) mass is 475 g/mol. The van der Waals surface area contributed by atoms with Crippen molar-refractivity contribution >= 4 is 21.4 Å². The van der Waals surface area contributed by atoms with Crippen molar-refractivity contribution < 1.29 is 24.4 Å². The van der Waals surface area contributed by atoms with Crippen LogP contribution in [0, 0.1) is 0 Å². The van der Waals surface area contributed by atoms with Crippen LogP contribution >= 0.6 is 11.3 Å². The maximum Gasteiger partial charge on any atom is 0.151 e. The van der Waals surface area contributed by atoms with Gasteiger partial charge in [0, 0.05) is 51.8 Å². The van der Waals surface area contributed by atoms with Gasteiger partial charge >= 0.3 is 0 Å². The van der Waals surface area contributed by atoms with Gasteiger partial charge in [0.1, 0.15) is 29.6 Å². The van der Waals surface area contributed by atoms with Crippen LogP contribution in [0.1, 0.15) is 17.2 Å². The summed E-state index contributed by atoms with van der Waals surface area (Å²) in [5, 5.41) is 21.1. The van der Waals surface area contributed by atoms with Gasteiger partial charge in [-0.2, -0.15) is 0 Å². The number of ether oxygens (including phenoxy) is 3. The van der Waals surface area contributed by atoms with Gasteiger partial charge in [-0.25, -0.2) is 0 Å². The van der Waals surface area contributed by atoms with Gasteiger partial charge in [-0.15, -0.1) is 11.3 Å². The van der Waals surface area contributed by atoms with E-state index in [0.29, 0.717) is 12.4 Å². The second-order valence-electron chi connectivity index (χ2n) is 8.58. The maximum absolute atomic E-state index is 10.0. The zero-order chi connectivity index (χ0) is 23.1. The van der Waals surface area contributed by atoms with Gasteiger partial charge in [0.25, 0.3) is 0 Å². The Bertz CT molecular complexity index is 1330. The van der Waals surface area contributed by atoms with Crippen molar-refractivity contribution in [3.05, 3.63) is 71.8 Å².